The summed E-state index contributed by atoms with van der Waals surface area (Å²) in [5.41, 5.74) is 7.18. The van der Waals surface area contributed by atoms with E-state index in [1.807, 2.05) is 12.1 Å². The molecule has 0 bridgehead atoms. The largest absolute Gasteiger partial charge is 0.396 e. The first-order valence-corrected chi connectivity index (χ1v) is 7.16. The van der Waals surface area contributed by atoms with Gasteiger partial charge in [0.05, 0.1) is 10.6 Å². The second-order valence-electron chi connectivity index (χ2n) is 4.52. The quantitative estimate of drug-likeness (QED) is 0.831. The molecule has 108 valence electrons. The molecule has 6 heteroatoms. The first-order chi connectivity index (χ1) is 10.0. The minimum absolute atomic E-state index is 0.160. The van der Waals surface area contributed by atoms with Crippen molar-refractivity contribution in [3.63, 3.8) is 0 Å². The van der Waals surface area contributed by atoms with Crippen molar-refractivity contribution in [1.82, 2.24) is 0 Å². The van der Waals surface area contributed by atoms with Gasteiger partial charge in [-0.1, -0.05) is 12.1 Å². The van der Waals surface area contributed by atoms with Gasteiger partial charge in [-0.15, -0.1) is 11.3 Å². The van der Waals surface area contributed by atoms with Crippen LogP contribution in [0, 0.1) is 17.1 Å². The van der Waals surface area contributed by atoms with Crippen molar-refractivity contribution in [2.75, 3.05) is 17.6 Å². The van der Waals surface area contributed by atoms with Gasteiger partial charge in [-0.05, 0) is 24.1 Å². The molecule has 0 unspecified atom stereocenters. The number of hydrogen-bond acceptors (Lipinski definition) is 5. The van der Waals surface area contributed by atoms with E-state index in [0.29, 0.717) is 28.4 Å². The van der Waals surface area contributed by atoms with Crippen LogP contribution in [0.5, 0.6) is 0 Å². The average molecular weight is 303 g/mol. The van der Waals surface area contributed by atoms with Crippen LogP contribution < -0.4 is 11.1 Å². The van der Waals surface area contributed by atoms with Gasteiger partial charge in [0.2, 0.25) is 0 Å². The SMILES string of the molecule is CC(=O)c1sc(NCCc2cccc(F)c2)c(C#N)c1N. The van der Waals surface area contributed by atoms with Crippen molar-refractivity contribution >= 4 is 27.8 Å². The number of Topliss-reactive ketones (excluding diaryl/α,β-unsaturated/α-hetero) is 1. The molecule has 2 rings (SSSR count). The molecule has 0 aliphatic rings. The van der Waals surface area contributed by atoms with E-state index in [1.54, 1.807) is 6.07 Å². The summed E-state index contributed by atoms with van der Waals surface area (Å²) in [7, 11) is 0. The standard InChI is InChI=1S/C15H14FN3OS/c1-9(20)14-13(18)12(8-17)15(21-14)19-6-5-10-3-2-4-11(16)7-10/h2-4,7,19H,5-6,18H2,1H3. The highest BCUT2D eigenvalue weighted by Crippen LogP contribution is 2.35. The van der Waals surface area contributed by atoms with E-state index in [2.05, 4.69) is 5.32 Å². The van der Waals surface area contributed by atoms with Gasteiger partial charge in [0, 0.05) is 13.5 Å². The molecule has 0 aliphatic carbocycles. The van der Waals surface area contributed by atoms with Gasteiger partial charge in [-0.2, -0.15) is 5.26 Å². The van der Waals surface area contributed by atoms with E-state index in [0.717, 1.165) is 5.56 Å². The van der Waals surface area contributed by atoms with Crippen molar-refractivity contribution < 1.29 is 9.18 Å². The molecular formula is C15H14FN3OS. The Kier molecular flexibility index (Phi) is 4.55. The van der Waals surface area contributed by atoms with Crippen LogP contribution >= 0.6 is 11.3 Å². The molecule has 0 amide bonds. The van der Waals surface area contributed by atoms with Crippen molar-refractivity contribution in [1.29, 1.82) is 5.26 Å². The molecular weight excluding hydrogens is 289 g/mol. The molecule has 0 spiro atoms. The summed E-state index contributed by atoms with van der Waals surface area (Å²) < 4.78 is 13.1. The minimum Gasteiger partial charge on any atom is -0.396 e. The number of nitrogens with zero attached hydrogens (tertiary/aromatic N) is 1. The van der Waals surface area contributed by atoms with E-state index in [9.17, 15) is 9.18 Å². The van der Waals surface area contributed by atoms with Crippen LogP contribution in [-0.4, -0.2) is 12.3 Å². The van der Waals surface area contributed by atoms with Crippen LogP contribution in [-0.2, 0) is 6.42 Å². The molecule has 1 aromatic heterocycles. The van der Waals surface area contributed by atoms with Gasteiger partial charge < -0.3 is 11.1 Å². The highest BCUT2D eigenvalue weighted by Gasteiger charge is 2.18. The summed E-state index contributed by atoms with van der Waals surface area (Å²) in [6.07, 6.45) is 0.607. The lowest BCUT2D eigenvalue weighted by atomic mass is 10.1. The molecule has 4 nitrogen and oxygen atoms in total. The van der Waals surface area contributed by atoms with Crippen LogP contribution in [0.4, 0.5) is 15.1 Å². The van der Waals surface area contributed by atoms with Crippen molar-refractivity contribution in [3.05, 3.63) is 46.1 Å². The summed E-state index contributed by atoms with van der Waals surface area (Å²) in [5, 5.41) is 12.8. The Bertz CT molecular complexity index is 718. The fourth-order valence-corrected chi connectivity index (χ4v) is 2.95. The number of halogens is 1. The topological polar surface area (TPSA) is 78.9 Å². The molecule has 0 radical (unpaired) electrons. The Labute approximate surface area is 126 Å². The molecule has 3 N–H and O–H groups in total. The van der Waals surface area contributed by atoms with Gasteiger partial charge in [-0.25, -0.2) is 4.39 Å². The number of carbonyl (C=O) groups is 1. The van der Waals surface area contributed by atoms with Crippen molar-refractivity contribution in [3.8, 4) is 6.07 Å². The van der Waals surface area contributed by atoms with Gasteiger partial charge >= 0.3 is 0 Å². The number of thiophene rings is 1. The summed E-state index contributed by atoms with van der Waals surface area (Å²) >= 11 is 1.17. The molecule has 1 heterocycles. The Morgan fingerprint density at radius 1 is 1.52 bits per heavy atom. The Morgan fingerprint density at radius 2 is 2.29 bits per heavy atom. The second kappa shape index (κ2) is 6.37. The molecule has 0 atom stereocenters. The molecule has 2 aromatic rings. The maximum atomic E-state index is 13.1. The summed E-state index contributed by atoms with van der Waals surface area (Å²) in [4.78, 5) is 11.8. The molecule has 21 heavy (non-hydrogen) atoms. The molecule has 0 fully saturated rings. The highest BCUT2D eigenvalue weighted by molar-refractivity contribution is 7.18. The number of anilines is 2. The minimum atomic E-state index is -0.274. The first-order valence-electron chi connectivity index (χ1n) is 6.34. The van der Waals surface area contributed by atoms with Crippen molar-refractivity contribution in [2.24, 2.45) is 0 Å². The van der Waals surface area contributed by atoms with Crippen LogP contribution in [0.3, 0.4) is 0 Å². The van der Waals surface area contributed by atoms with E-state index in [-0.39, 0.29) is 17.3 Å². The summed E-state index contributed by atoms with van der Waals surface area (Å²) in [6, 6.07) is 8.36. The number of ketones is 1. The third-order valence-electron chi connectivity index (χ3n) is 2.96. The zero-order valence-corrected chi connectivity index (χ0v) is 12.3. The first kappa shape index (κ1) is 15.0. The van der Waals surface area contributed by atoms with Gasteiger partial charge in [0.1, 0.15) is 22.5 Å². The van der Waals surface area contributed by atoms with E-state index < -0.39 is 0 Å². The number of benzene rings is 1. The lowest BCUT2D eigenvalue weighted by molar-refractivity contribution is 0.102. The lowest BCUT2D eigenvalue weighted by Gasteiger charge is -2.04. The van der Waals surface area contributed by atoms with Crippen LogP contribution in [0.25, 0.3) is 0 Å². The third-order valence-corrected chi connectivity index (χ3v) is 4.23. The summed E-state index contributed by atoms with van der Waals surface area (Å²) in [5.74, 6) is -0.434. The number of carbonyl (C=O) groups excluding carboxylic acids is 1. The maximum absolute atomic E-state index is 13.1. The Balaban J connectivity index is 2.08. The molecule has 0 saturated carbocycles. The Morgan fingerprint density at radius 3 is 2.90 bits per heavy atom. The highest BCUT2D eigenvalue weighted by atomic mass is 32.1. The second-order valence-corrected chi connectivity index (χ2v) is 5.54. The predicted octanol–water partition coefficient (Wildman–Crippen LogP) is 3.20. The van der Waals surface area contributed by atoms with Crippen LogP contribution in [0.1, 0.15) is 27.7 Å². The average Bonchev–Trinajstić information content (AvgIpc) is 2.75. The Hall–Kier alpha value is -2.39. The van der Waals surface area contributed by atoms with E-state index >= 15 is 0 Å². The fraction of sp³-hybridized carbons (Fsp3) is 0.200. The number of nitrogen functional groups attached to an aromatic ring is 1. The zero-order chi connectivity index (χ0) is 15.4. The van der Waals surface area contributed by atoms with Crippen LogP contribution in [0.15, 0.2) is 24.3 Å². The number of rotatable bonds is 5. The zero-order valence-electron chi connectivity index (χ0n) is 11.4. The van der Waals surface area contributed by atoms with Gasteiger partial charge in [0.15, 0.2) is 5.78 Å². The lowest BCUT2D eigenvalue weighted by Crippen LogP contribution is -2.05. The van der Waals surface area contributed by atoms with Gasteiger partial charge in [-0.3, -0.25) is 4.79 Å². The number of nitrogens with one attached hydrogen (secondary N) is 1. The maximum Gasteiger partial charge on any atom is 0.171 e. The fourth-order valence-electron chi connectivity index (χ4n) is 1.95. The molecule has 1 aromatic carbocycles. The van der Waals surface area contributed by atoms with E-state index in [4.69, 9.17) is 11.0 Å². The van der Waals surface area contributed by atoms with Crippen molar-refractivity contribution in [2.45, 2.75) is 13.3 Å². The smallest absolute Gasteiger partial charge is 0.171 e. The van der Waals surface area contributed by atoms with E-state index in [1.165, 1.54) is 30.4 Å². The number of hydrogen-bond donors (Lipinski definition) is 2. The molecule has 0 aliphatic heterocycles. The number of nitriles is 1. The monoisotopic (exact) mass is 303 g/mol. The normalized spacial score (nSPS) is 10.1. The van der Waals surface area contributed by atoms with Gasteiger partial charge in [0.25, 0.3) is 0 Å². The predicted molar refractivity (Wildman–Crippen MR) is 82.0 cm³/mol. The van der Waals surface area contributed by atoms with Crippen LogP contribution in [0.2, 0.25) is 0 Å². The molecule has 0 saturated heterocycles. The third kappa shape index (κ3) is 3.38. The number of nitrogens with two attached hydrogens (primary N) is 1. The summed E-state index contributed by atoms with van der Waals surface area (Å²) in [6.45, 7) is 1.94.